The minimum Gasteiger partial charge on any atom is -0.464 e. The maximum absolute atomic E-state index is 11.9. The van der Waals surface area contributed by atoms with Crippen molar-refractivity contribution in [3.63, 3.8) is 0 Å². The number of aryl methyl sites for hydroxylation is 1. The molecule has 0 spiro atoms. The first kappa shape index (κ1) is 26.9. The Hall–Kier alpha value is -3.33. The lowest BCUT2D eigenvalue weighted by molar-refractivity contribution is 0.0246. The number of nitrogens with zero attached hydrogens (tertiary/aromatic N) is 4. The zero-order valence-electron chi connectivity index (χ0n) is 22.4. The van der Waals surface area contributed by atoms with Gasteiger partial charge in [0.05, 0.1) is 35.6 Å². The number of ether oxygens (including phenoxy) is 2. The molecular weight excluding hydrogens is 551 g/mol. The molecular formula is C30H30Cl2N4O4. The minimum atomic E-state index is -0.447. The average Bonchev–Trinajstić information content (AvgIpc) is 3.62. The fourth-order valence-electron chi connectivity index (χ4n) is 5.33. The van der Waals surface area contributed by atoms with Gasteiger partial charge in [-0.25, -0.2) is 4.79 Å². The Labute approximate surface area is 242 Å². The van der Waals surface area contributed by atoms with Gasteiger partial charge in [0.15, 0.2) is 5.69 Å². The van der Waals surface area contributed by atoms with Crippen LogP contribution in [0.1, 0.15) is 53.4 Å². The summed E-state index contributed by atoms with van der Waals surface area (Å²) < 4.78 is 18.8. The van der Waals surface area contributed by atoms with Gasteiger partial charge in [0, 0.05) is 48.4 Å². The van der Waals surface area contributed by atoms with Gasteiger partial charge in [-0.15, -0.1) is 0 Å². The monoisotopic (exact) mass is 580 g/mol. The summed E-state index contributed by atoms with van der Waals surface area (Å²) in [5, 5.41) is 9.77. The first-order valence-electron chi connectivity index (χ1n) is 13.4. The number of carbonyl (C=O) groups excluding carboxylic acids is 1. The summed E-state index contributed by atoms with van der Waals surface area (Å²) in [7, 11) is 3.18. The van der Waals surface area contributed by atoms with Crippen LogP contribution < -0.4 is 4.90 Å². The number of rotatable bonds is 8. The van der Waals surface area contributed by atoms with Crippen molar-refractivity contribution in [3.8, 4) is 22.5 Å². The summed E-state index contributed by atoms with van der Waals surface area (Å²) in [5.41, 5.74) is 5.60. The summed E-state index contributed by atoms with van der Waals surface area (Å²) in [5.74, 6) is 0.835. The Kier molecular flexibility index (Phi) is 7.57. The van der Waals surface area contributed by atoms with E-state index >= 15 is 0 Å². The van der Waals surface area contributed by atoms with Crippen molar-refractivity contribution in [2.45, 2.75) is 44.3 Å². The number of hydrogen-bond acceptors (Lipinski definition) is 7. The summed E-state index contributed by atoms with van der Waals surface area (Å²) in [4.78, 5) is 14.3. The Morgan fingerprint density at radius 3 is 2.48 bits per heavy atom. The molecule has 1 aliphatic heterocycles. The van der Waals surface area contributed by atoms with Crippen molar-refractivity contribution in [2.24, 2.45) is 7.05 Å². The highest BCUT2D eigenvalue weighted by atomic mass is 35.5. The topological polar surface area (TPSA) is 82.6 Å². The minimum absolute atomic E-state index is 0.121. The molecule has 2 aromatic heterocycles. The molecule has 208 valence electrons. The van der Waals surface area contributed by atoms with Crippen LogP contribution in [0, 0.1) is 0 Å². The molecule has 6 rings (SSSR count). The summed E-state index contributed by atoms with van der Waals surface area (Å²) >= 11 is 13.0. The molecule has 4 aromatic rings. The van der Waals surface area contributed by atoms with Gasteiger partial charge >= 0.3 is 5.97 Å². The van der Waals surface area contributed by atoms with E-state index in [1.54, 1.807) is 10.7 Å². The largest absolute Gasteiger partial charge is 0.464 e. The molecule has 10 heteroatoms. The summed E-state index contributed by atoms with van der Waals surface area (Å²) in [6.45, 7) is 2.15. The van der Waals surface area contributed by atoms with Crippen molar-refractivity contribution >= 4 is 34.9 Å². The van der Waals surface area contributed by atoms with Crippen LogP contribution in [0.2, 0.25) is 10.0 Å². The zero-order chi connectivity index (χ0) is 27.8. The second-order valence-electron chi connectivity index (χ2n) is 10.3. The molecule has 0 radical (unpaired) electrons. The third-order valence-corrected chi connectivity index (χ3v) is 8.28. The number of benzene rings is 2. The Bertz CT molecular complexity index is 1520. The highest BCUT2D eigenvalue weighted by molar-refractivity contribution is 6.39. The van der Waals surface area contributed by atoms with Gasteiger partial charge in [-0.05, 0) is 56.0 Å². The number of hydrogen-bond donors (Lipinski definition) is 0. The normalized spacial score (nSPS) is 15.9. The third-order valence-electron chi connectivity index (χ3n) is 7.65. The van der Waals surface area contributed by atoms with E-state index in [0.29, 0.717) is 39.5 Å². The van der Waals surface area contributed by atoms with E-state index in [-0.39, 0.29) is 6.10 Å². The number of halogens is 2. The summed E-state index contributed by atoms with van der Waals surface area (Å²) in [6, 6.07) is 15.5. The molecule has 3 heterocycles. The molecule has 1 saturated carbocycles. The number of carbonyl (C=O) groups is 1. The number of piperidine rings is 1. The molecule has 0 N–H and O–H groups in total. The SMILES string of the molecule is COC(=O)c1cc(-c2cccc(N3CCC(OCc4c(-c5c(Cl)cccc5Cl)noc4C4CC4)CC3)c2)n(C)n1. The highest BCUT2D eigenvalue weighted by Gasteiger charge is 2.34. The molecule has 2 fully saturated rings. The number of esters is 1. The predicted octanol–water partition coefficient (Wildman–Crippen LogP) is 6.90. The van der Waals surface area contributed by atoms with E-state index in [1.807, 2.05) is 37.4 Å². The van der Waals surface area contributed by atoms with Gasteiger partial charge in [-0.1, -0.05) is 46.6 Å². The highest BCUT2D eigenvalue weighted by Crippen LogP contribution is 2.46. The predicted molar refractivity (Wildman–Crippen MR) is 154 cm³/mol. The van der Waals surface area contributed by atoms with Gasteiger partial charge < -0.3 is 18.9 Å². The molecule has 0 bridgehead atoms. The zero-order valence-corrected chi connectivity index (χ0v) is 23.9. The van der Waals surface area contributed by atoms with Crippen LogP contribution >= 0.6 is 23.2 Å². The van der Waals surface area contributed by atoms with Crippen LogP contribution in [0.25, 0.3) is 22.5 Å². The van der Waals surface area contributed by atoms with E-state index in [1.165, 1.54) is 7.11 Å². The first-order chi connectivity index (χ1) is 19.4. The maximum atomic E-state index is 11.9. The summed E-state index contributed by atoms with van der Waals surface area (Å²) in [6.07, 6.45) is 4.11. The van der Waals surface area contributed by atoms with Crippen molar-refractivity contribution in [1.82, 2.24) is 14.9 Å². The molecule has 1 aliphatic carbocycles. The van der Waals surface area contributed by atoms with Crippen molar-refractivity contribution < 1.29 is 18.8 Å². The second-order valence-corrected chi connectivity index (χ2v) is 11.1. The fourth-order valence-corrected chi connectivity index (χ4v) is 5.91. The molecule has 0 amide bonds. The molecule has 2 aromatic carbocycles. The van der Waals surface area contributed by atoms with Gasteiger partial charge in [0.25, 0.3) is 0 Å². The maximum Gasteiger partial charge on any atom is 0.358 e. The van der Waals surface area contributed by atoms with Gasteiger partial charge in [-0.3, -0.25) is 4.68 Å². The van der Waals surface area contributed by atoms with Crippen LogP contribution in [-0.4, -0.2) is 47.2 Å². The first-order valence-corrected chi connectivity index (χ1v) is 14.2. The second kappa shape index (κ2) is 11.3. The van der Waals surface area contributed by atoms with E-state index < -0.39 is 5.97 Å². The van der Waals surface area contributed by atoms with E-state index in [4.69, 9.17) is 37.2 Å². The lowest BCUT2D eigenvalue weighted by Gasteiger charge is -2.33. The molecule has 0 unspecified atom stereocenters. The quantitative estimate of drug-likeness (QED) is 0.210. The third kappa shape index (κ3) is 5.36. The van der Waals surface area contributed by atoms with Crippen LogP contribution in [-0.2, 0) is 23.1 Å². The van der Waals surface area contributed by atoms with Crippen LogP contribution in [0.15, 0.2) is 53.1 Å². The number of aromatic nitrogens is 3. The molecule has 2 aliphatic rings. The molecule has 1 saturated heterocycles. The van der Waals surface area contributed by atoms with Gasteiger partial charge in [0.1, 0.15) is 11.5 Å². The smallest absolute Gasteiger partial charge is 0.358 e. The van der Waals surface area contributed by atoms with Crippen LogP contribution in [0.3, 0.4) is 0 Å². The van der Waals surface area contributed by atoms with Crippen molar-refractivity contribution in [1.29, 1.82) is 0 Å². The van der Waals surface area contributed by atoms with Crippen molar-refractivity contribution in [2.75, 3.05) is 25.1 Å². The van der Waals surface area contributed by atoms with Crippen LogP contribution in [0.4, 0.5) is 5.69 Å². The Balaban J connectivity index is 1.13. The Morgan fingerprint density at radius 1 is 1.05 bits per heavy atom. The van der Waals surface area contributed by atoms with E-state index in [0.717, 1.165) is 67.0 Å². The fraction of sp³-hybridized carbons (Fsp3) is 0.367. The lowest BCUT2D eigenvalue weighted by atomic mass is 10.0. The van der Waals surface area contributed by atoms with E-state index in [2.05, 4.69) is 27.3 Å². The Morgan fingerprint density at radius 2 is 1.77 bits per heavy atom. The molecule has 8 nitrogen and oxygen atoms in total. The average molecular weight is 582 g/mol. The number of methoxy groups -OCH3 is 1. The van der Waals surface area contributed by atoms with Gasteiger partial charge in [0.2, 0.25) is 0 Å². The van der Waals surface area contributed by atoms with Crippen molar-refractivity contribution in [3.05, 3.63) is 75.6 Å². The lowest BCUT2D eigenvalue weighted by Crippen LogP contribution is -2.37. The van der Waals surface area contributed by atoms with E-state index in [9.17, 15) is 4.79 Å². The molecule has 40 heavy (non-hydrogen) atoms. The number of anilines is 1. The molecule has 0 atom stereocenters. The van der Waals surface area contributed by atoms with Crippen LogP contribution in [0.5, 0.6) is 0 Å². The standard InChI is InChI=1S/C30H30Cl2N4O4/c1-35-26(16-25(33-35)30(37)38-2)19-5-3-6-20(15-19)36-13-11-21(12-14-36)39-17-22-28(34-40-29(22)18-9-10-18)27-23(31)7-4-8-24(27)32/h3-8,15-16,18,21H,9-14,17H2,1-2H3. The van der Waals surface area contributed by atoms with Gasteiger partial charge in [-0.2, -0.15) is 5.10 Å².